The molecule has 2 nitrogen and oxygen atoms in total. The highest BCUT2D eigenvalue weighted by Crippen LogP contribution is 2.41. The normalized spacial score (nSPS) is 31.6. The number of benzene rings is 1. The molecule has 1 spiro atoms. The summed E-state index contributed by atoms with van der Waals surface area (Å²) < 4.78 is 6.04. The first-order valence-corrected chi connectivity index (χ1v) is 8.87. The summed E-state index contributed by atoms with van der Waals surface area (Å²) in [4.78, 5) is 0. The molecule has 20 heavy (non-hydrogen) atoms. The second-order valence-electron chi connectivity index (χ2n) is 6.18. The summed E-state index contributed by atoms with van der Waals surface area (Å²) in [5.41, 5.74) is 1.41. The van der Waals surface area contributed by atoms with Crippen molar-refractivity contribution in [2.45, 2.75) is 43.8 Å². The van der Waals surface area contributed by atoms with Crippen LogP contribution in [0, 0.1) is 5.92 Å². The number of aliphatic hydroxyl groups is 1. The van der Waals surface area contributed by atoms with Crippen molar-refractivity contribution in [2.75, 3.05) is 18.1 Å². The summed E-state index contributed by atoms with van der Waals surface area (Å²) in [6.07, 6.45) is 4.90. The fraction of sp³-hybridized carbons (Fsp3) is 0.647. The molecule has 0 aromatic heterocycles. The largest absolute Gasteiger partial charge is 0.393 e. The second-order valence-corrected chi connectivity index (χ2v) is 7.28. The van der Waals surface area contributed by atoms with Gasteiger partial charge in [-0.2, -0.15) is 11.8 Å². The summed E-state index contributed by atoms with van der Waals surface area (Å²) in [6, 6.07) is 10.5. The van der Waals surface area contributed by atoms with Crippen LogP contribution < -0.4 is 0 Å². The van der Waals surface area contributed by atoms with Gasteiger partial charge in [0, 0.05) is 12.4 Å². The molecule has 2 aliphatic heterocycles. The lowest BCUT2D eigenvalue weighted by molar-refractivity contribution is -0.102. The van der Waals surface area contributed by atoms with E-state index >= 15 is 0 Å². The molecule has 3 heteroatoms. The van der Waals surface area contributed by atoms with Gasteiger partial charge in [-0.3, -0.25) is 0 Å². The summed E-state index contributed by atoms with van der Waals surface area (Å²) in [6.45, 7) is 0.827. The van der Waals surface area contributed by atoms with Crippen molar-refractivity contribution in [3.63, 3.8) is 0 Å². The van der Waals surface area contributed by atoms with Crippen LogP contribution in [0.3, 0.4) is 0 Å². The SMILES string of the molecule is OC(CCc1ccccc1)C1CCOC2(CCSC2)C1. The van der Waals surface area contributed by atoms with Gasteiger partial charge in [-0.1, -0.05) is 30.3 Å². The Morgan fingerprint density at radius 1 is 1.35 bits per heavy atom. The Labute approximate surface area is 125 Å². The molecule has 3 unspecified atom stereocenters. The van der Waals surface area contributed by atoms with E-state index in [0.29, 0.717) is 5.92 Å². The van der Waals surface area contributed by atoms with E-state index in [1.165, 1.54) is 17.7 Å². The van der Waals surface area contributed by atoms with Crippen LogP contribution in [0.15, 0.2) is 30.3 Å². The summed E-state index contributed by atoms with van der Waals surface area (Å²) >= 11 is 2.00. The average Bonchev–Trinajstić information content (AvgIpc) is 2.93. The molecule has 0 aliphatic carbocycles. The minimum absolute atomic E-state index is 0.0846. The summed E-state index contributed by atoms with van der Waals surface area (Å²) in [5, 5.41) is 10.5. The van der Waals surface area contributed by atoms with Gasteiger partial charge >= 0.3 is 0 Å². The third-order valence-corrected chi connectivity index (χ3v) is 5.94. The van der Waals surface area contributed by atoms with Gasteiger partial charge in [0.1, 0.15) is 0 Å². The monoisotopic (exact) mass is 292 g/mol. The molecule has 3 atom stereocenters. The lowest BCUT2D eigenvalue weighted by atomic mass is 9.81. The van der Waals surface area contributed by atoms with E-state index in [1.54, 1.807) is 0 Å². The Bertz CT molecular complexity index is 414. The van der Waals surface area contributed by atoms with E-state index in [0.717, 1.165) is 38.0 Å². The van der Waals surface area contributed by atoms with Crippen molar-refractivity contribution in [2.24, 2.45) is 5.92 Å². The van der Waals surface area contributed by atoms with Crippen molar-refractivity contribution in [3.8, 4) is 0 Å². The zero-order valence-corrected chi connectivity index (χ0v) is 12.8. The Balaban J connectivity index is 1.53. The maximum atomic E-state index is 10.5. The third-order valence-electron chi connectivity index (χ3n) is 4.71. The van der Waals surface area contributed by atoms with Crippen molar-refractivity contribution >= 4 is 11.8 Å². The van der Waals surface area contributed by atoms with Gasteiger partial charge in [0.05, 0.1) is 11.7 Å². The van der Waals surface area contributed by atoms with Gasteiger partial charge in [-0.25, -0.2) is 0 Å². The van der Waals surface area contributed by atoms with Gasteiger partial charge in [-0.05, 0) is 49.3 Å². The third kappa shape index (κ3) is 3.38. The van der Waals surface area contributed by atoms with Crippen molar-refractivity contribution in [3.05, 3.63) is 35.9 Å². The van der Waals surface area contributed by atoms with Gasteiger partial charge < -0.3 is 9.84 Å². The van der Waals surface area contributed by atoms with E-state index < -0.39 is 0 Å². The van der Waals surface area contributed by atoms with Crippen LogP contribution in [0.4, 0.5) is 0 Å². The summed E-state index contributed by atoms with van der Waals surface area (Å²) in [7, 11) is 0. The summed E-state index contributed by atoms with van der Waals surface area (Å²) in [5.74, 6) is 2.76. The topological polar surface area (TPSA) is 29.5 Å². The predicted octanol–water partition coefficient (Wildman–Crippen LogP) is 3.28. The van der Waals surface area contributed by atoms with Crippen LogP contribution in [0.1, 0.15) is 31.2 Å². The molecule has 1 N–H and O–H groups in total. The van der Waals surface area contributed by atoms with Gasteiger partial charge in [0.15, 0.2) is 0 Å². The van der Waals surface area contributed by atoms with E-state index in [-0.39, 0.29) is 11.7 Å². The lowest BCUT2D eigenvalue weighted by Crippen LogP contribution is -2.43. The Morgan fingerprint density at radius 2 is 2.20 bits per heavy atom. The van der Waals surface area contributed by atoms with Crippen LogP contribution >= 0.6 is 11.8 Å². The highest BCUT2D eigenvalue weighted by molar-refractivity contribution is 7.99. The van der Waals surface area contributed by atoms with E-state index in [2.05, 4.69) is 24.3 Å². The van der Waals surface area contributed by atoms with Crippen LogP contribution in [0.25, 0.3) is 0 Å². The zero-order valence-electron chi connectivity index (χ0n) is 12.0. The van der Waals surface area contributed by atoms with Crippen LogP contribution in [-0.4, -0.2) is 34.9 Å². The molecule has 2 aliphatic rings. The molecule has 2 heterocycles. The highest BCUT2D eigenvalue weighted by Gasteiger charge is 2.42. The zero-order chi connectivity index (χ0) is 13.8. The van der Waals surface area contributed by atoms with Gasteiger partial charge in [-0.15, -0.1) is 0 Å². The van der Waals surface area contributed by atoms with Crippen molar-refractivity contribution in [1.29, 1.82) is 0 Å². The molecule has 0 amide bonds. The molecule has 0 radical (unpaired) electrons. The Morgan fingerprint density at radius 3 is 2.95 bits per heavy atom. The number of thioether (sulfide) groups is 1. The first-order chi connectivity index (χ1) is 9.77. The molecular formula is C17H24O2S. The van der Waals surface area contributed by atoms with Crippen molar-refractivity contribution < 1.29 is 9.84 Å². The molecule has 110 valence electrons. The van der Waals surface area contributed by atoms with E-state index in [1.807, 2.05) is 17.8 Å². The maximum Gasteiger partial charge on any atom is 0.0783 e. The molecular weight excluding hydrogens is 268 g/mol. The molecule has 0 saturated carbocycles. The molecule has 0 bridgehead atoms. The van der Waals surface area contributed by atoms with Gasteiger partial charge in [0.2, 0.25) is 0 Å². The van der Waals surface area contributed by atoms with E-state index in [9.17, 15) is 5.11 Å². The molecule has 1 aromatic carbocycles. The Hall–Kier alpha value is -0.510. The first-order valence-electron chi connectivity index (χ1n) is 7.71. The highest BCUT2D eigenvalue weighted by atomic mass is 32.2. The number of hydrogen-bond acceptors (Lipinski definition) is 3. The van der Waals surface area contributed by atoms with Crippen molar-refractivity contribution in [1.82, 2.24) is 0 Å². The number of ether oxygens (including phenoxy) is 1. The average molecular weight is 292 g/mol. The van der Waals surface area contributed by atoms with Crippen LogP contribution in [0.2, 0.25) is 0 Å². The van der Waals surface area contributed by atoms with Gasteiger partial charge in [0.25, 0.3) is 0 Å². The van der Waals surface area contributed by atoms with E-state index in [4.69, 9.17) is 4.74 Å². The number of hydrogen-bond donors (Lipinski definition) is 1. The first kappa shape index (κ1) is 14.4. The second kappa shape index (κ2) is 6.50. The van der Waals surface area contributed by atoms with Crippen LogP contribution in [0.5, 0.6) is 0 Å². The minimum atomic E-state index is -0.179. The molecule has 1 aromatic rings. The fourth-order valence-corrected chi connectivity index (χ4v) is 4.83. The van der Waals surface area contributed by atoms with Crippen LogP contribution in [-0.2, 0) is 11.2 Å². The predicted molar refractivity (Wildman–Crippen MR) is 84.1 cm³/mol. The maximum absolute atomic E-state index is 10.5. The minimum Gasteiger partial charge on any atom is -0.393 e. The molecule has 3 rings (SSSR count). The fourth-order valence-electron chi connectivity index (χ4n) is 3.45. The quantitative estimate of drug-likeness (QED) is 0.923. The number of rotatable bonds is 4. The number of aryl methyl sites for hydroxylation is 1. The number of aliphatic hydroxyl groups excluding tert-OH is 1. The molecule has 2 fully saturated rings. The molecule has 2 saturated heterocycles. The standard InChI is InChI=1S/C17H24O2S/c18-16(7-6-14-4-2-1-3-5-14)15-8-10-19-17(12-15)9-11-20-13-17/h1-5,15-16,18H,6-13H2. The smallest absolute Gasteiger partial charge is 0.0783 e. The Kier molecular flexibility index (Phi) is 4.69. The lowest BCUT2D eigenvalue weighted by Gasteiger charge is -2.39.